The van der Waals surface area contributed by atoms with Gasteiger partial charge in [0.25, 0.3) is 0 Å². The molecule has 174 valence electrons. The zero-order valence-corrected chi connectivity index (χ0v) is 19.7. The van der Waals surface area contributed by atoms with E-state index in [1.807, 2.05) is 26.0 Å². The van der Waals surface area contributed by atoms with Gasteiger partial charge in [-0.2, -0.15) is 4.31 Å². The first-order valence-electron chi connectivity index (χ1n) is 10.4. The van der Waals surface area contributed by atoms with Gasteiger partial charge in [0.2, 0.25) is 15.9 Å². The number of sulfonamides is 1. The van der Waals surface area contributed by atoms with E-state index in [2.05, 4.69) is 10.6 Å². The lowest BCUT2D eigenvalue weighted by Gasteiger charge is -2.26. The third-order valence-corrected chi connectivity index (χ3v) is 7.19. The van der Waals surface area contributed by atoms with Gasteiger partial charge in [-0.15, -0.1) is 0 Å². The number of carbonyl (C=O) groups excluding carboxylic acids is 1. The van der Waals surface area contributed by atoms with Gasteiger partial charge in [-0.05, 0) is 49.7 Å². The minimum Gasteiger partial charge on any atom is -0.492 e. The summed E-state index contributed by atoms with van der Waals surface area (Å²) in [6, 6.07) is 11.7. The number of anilines is 1. The highest BCUT2D eigenvalue weighted by Crippen LogP contribution is 2.29. The summed E-state index contributed by atoms with van der Waals surface area (Å²) in [5.74, 6) is 0.239. The number of ether oxygens (including phenoxy) is 2. The molecule has 10 heteroatoms. The van der Waals surface area contributed by atoms with Crippen LogP contribution in [0.1, 0.15) is 25.5 Å². The summed E-state index contributed by atoms with van der Waals surface area (Å²) < 4.78 is 38.2. The fourth-order valence-electron chi connectivity index (χ4n) is 3.33. The molecule has 32 heavy (non-hydrogen) atoms. The maximum Gasteiger partial charge on any atom is 0.243 e. The Morgan fingerprint density at radius 1 is 1.19 bits per heavy atom. The summed E-state index contributed by atoms with van der Waals surface area (Å²) in [5.41, 5.74) is 1.37. The number of amides is 1. The van der Waals surface area contributed by atoms with Crippen molar-refractivity contribution in [1.82, 2.24) is 9.62 Å². The molecule has 2 aromatic carbocycles. The maximum absolute atomic E-state index is 13.0. The molecule has 1 aliphatic heterocycles. The molecule has 2 aromatic rings. The predicted octanol–water partition coefficient (Wildman–Crippen LogP) is 3.05. The summed E-state index contributed by atoms with van der Waals surface area (Å²) in [7, 11) is -3.67. The largest absolute Gasteiger partial charge is 0.492 e. The van der Waals surface area contributed by atoms with Gasteiger partial charge in [-0.1, -0.05) is 23.7 Å². The van der Waals surface area contributed by atoms with Gasteiger partial charge in [0.05, 0.1) is 43.0 Å². The first-order valence-corrected chi connectivity index (χ1v) is 12.3. The molecule has 1 unspecified atom stereocenters. The van der Waals surface area contributed by atoms with Crippen LogP contribution in [0.3, 0.4) is 0 Å². The van der Waals surface area contributed by atoms with Crippen LogP contribution in [0.25, 0.3) is 0 Å². The number of hydrogen-bond donors (Lipinski definition) is 2. The van der Waals surface area contributed by atoms with Crippen molar-refractivity contribution in [1.29, 1.82) is 0 Å². The highest BCUT2D eigenvalue weighted by Gasteiger charge is 2.27. The van der Waals surface area contributed by atoms with Gasteiger partial charge in [0.1, 0.15) is 5.75 Å². The van der Waals surface area contributed by atoms with Gasteiger partial charge < -0.3 is 20.1 Å². The molecule has 1 aliphatic rings. The number of rotatable bonds is 9. The molecule has 1 amide bonds. The average Bonchev–Trinajstić information content (AvgIpc) is 2.79. The summed E-state index contributed by atoms with van der Waals surface area (Å²) in [5, 5.41) is 6.55. The molecule has 0 aliphatic carbocycles. The van der Waals surface area contributed by atoms with Crippen LogP contribution in [0.4, 0.5) is 5.69 Å². The van der Waals surface area contributed by atoms with E-state index in [4.69, 9.17) is 21.1 Å². The van der Waals surface area contributed by atoms with Crippen LogP contribution < -0.4 is 15.4 Å². The van der Waals surface area contributed by atoms with Gasteiger partial charge in [0.15, 0.2) is 0 Å². The van der Waals surface area contributed by atoms with Gasteiger partial charge >= 0.3 is 0 Å². The van der Waals surface area contributed by atoms with E-state index in [0.29, 0.717) is 49.4 Å². The van der Waals surface area contributed by atoms with Crippen LogP contribution in [0, 0.1) is 0 Å². The fourth-order valence-corrected chi connectivity index (χ4v) is 4.89. The van der Waals surface area contributed by atoms with E-state index in [1.54, 1.807) is 18.2 Å². The van der Waals surface area contributed by atoms with Crippen molar-refractivity contribution in [2.45, 2.75) is 24.8 Å². The van der Waals surface area contributed by atoms with E-state index in [1.165, 1.54) is 16.4 Å². The molecular formula is C22H28ClN3O5S. The van der Waals surface area contributed by atoms with Crippen LogP contribution in [-0.2, 0) is 19.6 Å². The molecule has 1 heterocycles. The molecule has 1 atom stereocenters. The first kappa shape index (κ1) is 24.3. The van der Waals surface area contributed by atoms with Crippen LogP contribution in [-0.4, -0.2) is 58.1 Å². The molecule has 1 saturated heterocycles. The molecule has 2 N–H and O–H groups in total. The second-order valence-corrected chi connectivity index (χ2v) is 9.68. The van der Waals surface area contributed by atoms with Crippen LogP contribution in [0.5, 0.6) is 5.75 Å². The predicted molar refractivity (Wildman–Crippen MR) is 124 cm³/mol. The Kier molecular flexibility index (Phi) is 8.36. The number of benzene rings is 2. The van der Waals surface area contributed by atoms with E-state index >= 15 is 0 Å². The number of morpholine rings is 1. The average molecular weight is 482 g/mol. The Morgan fingerprint density at radius 3 is 2.53 bits per heavy atom. The lowest BCUT2D eigenvalue weighted by atomic mass is 10.1. The maximum atomic E-state index is 13.0. The van der Waals surface area contributed by atoms with Crippen molar-refractivity contribution in [2.75, 3.05) is 44.8 Å². The Balaban J connectivity index is 1.70. The topological polar surface area (TPSA) is 97.0 Å². The summed E-state index contributed by atoms with van der Waals surface area (Å²) in [4.78, 5) is 12.6. The molecule has 0 aromatic heterocycles. The standard InChI is InChI=1S/C22H28ClN3O5S/c1-3-31-21-9-8-19(32(28,29)26-10-12-30-13-11-26)14-20(21)24-15-22(27)25-16(2)17-4-6-18(23)7-5-17/h4-9,14,16,24H,3,10-13,15H2,1-2H3,(H,25,27). The van der Waals surface area contributed by atoms with Crippen molar-refractivity contribution >= 4 is 33.2 Å². The number of hydrogen-bond acceptors (Lipinski definition) is 6. The highest BCUT2D eigenvalue weighted by molar-refractivity contribution is 7.89. The third kappa shape index (κ3) is 6.13. The van der Waals surface area contributed by atoms with E-state index in [-0.39, 0.29) is 23.4 Å². The van der Waals surface area contributed by atoms with Gasteiger partial charge in [0, 0.05) is 18.1 Å². The number of nitrogens with one attached hydrogen (secondary N) is 2. The Morgan fingerprint density at radius 2 is 1.88 bits per heavy atom. The molecular weight excluding hydrogens is 454 g/mol. The highest BCUT2D eigenvalue weighted by atomic mass is 35.5. The van der Waals surface area contributed by atoms with E-state index < -0.39 is 10.0 Å². The zero-order chi connectivity index (χ0) is 23.1. The Bertz CT molecular complexity index is 1020. The molecule has 0 saturated carbocycles. The van der Waals surface area contributed by atoms with Crippen molar-refractivity contribution in [3.63, 3.8) is 0 Å². The lowest BCUT2D eigenvalue weighted by molar-refractivity contribution is -0.120. The summed E-state index contributed by atoms with van der Waals surface area (Å²) in [6.07, 6.45) is 0. The Labute approximate surface area is 193 Å². The van der Waals surface area contributed by atoms with Crippen molar-refractivity contribution < 1.29 is 22.7 Å². The quantitative estimate of drug-likeness (QED) is 0.571. The molecule has 8 nitrogen and oxygen atoms in total. The Hall–Kier alpha value is -2.33. The fraction of sp³-hybridized carbons (Fsp3) is 0.409. The van der Waals surface area contributed by atoms with Crippen molar-refractivity contribution in [3.8, 4) is 5.75 Å². The summed E-state index contributed by atoms with van der Waals surface area (Å²) >= 11 is 5.91. The molecule has 0 spiro atoms. The number of halogens is 1. The zero-order valence-electron chi connectivity index (χ0n) is 18.1. The normalized spacial score (nSPS) is 15.7. The minimum absolute atomic E-state index is 0.0426. The van der Waals surface area contributed by atoms with Crippen molar-refractivity contribution in [3.05, 3.63) is 53.1 Å². The van der Waals surface area contributed by atoms with E-state index in [9.17, 15) is 13.2 Å². The number of nitrogens with zero attached hydrogens (tertiary/aromatic N) is 1. The van der Waals surface area contributed by atoms with E-state index in [0.717, 1.165) is 5.56 Å². The van der Waals surface area contributed by atoms with Crippen LogP contribution >= 0.6 is 11.6 Å². The molecule has 0 radical (unpaired) electrons. The first-order chi connectivity index (χ1) is 15.3. The number of carbonyl (C=O) groups is 1. The van der Waals surface area contributed by atoms with Crippen molar-refractivity contribution in [2.24, 2.45) is 0 Å². The smallest absolute Gasteiger partial charge is 0.243 e. The monoisotopic (exact) mass is 481 g/mol. The van der Waals surface area contributed by atoms with Gasteiger partial charge in [-0.25, -0.2) is 8.42 Å². The lowest BCUT2D eigenvalue weighted by Crippen LogP contribution is -2.40. The molecule has 1 fully saturated rings. The molecule has 0 bridgehead atoms. The minimum atomic E-state index is -3.67. The molecule has 3 rings (SSSR count). The second-order valence-electron chi connectivity index (χ2n) is 7.30. The SMILES string of the molecule is CCOc1ccc(S(=O)(=O)N2CCOCC2)cc1NCC(=O)NC(C)c1ccc(Cl)cc1. The van der Waals surface area contributed by atoms with Gasteiger partial charge in [-0.3, -0.25) is 4.79 Å². The van der Waals surface area contributed by atoms with Crippen LogP contribution in [0.15, 0.2) is 47.4 Å². The second kappa shape index (κ2) is 11.0. The third-order valence-electron chi connectivity index (χ3n) is 5.05. The van der Waals surface area contributed by atoms with Crippen LogP contribution in [0.2, 0.25) is 5.02 Å². The summed E-state index contributed by atoms with van der Waals surface area (Å²) in [6.45, 7) is 5.43.